The van der Waals surface area contributed by atoms with Gasteiger partial charge in [0.25, 0.3) is 5.91 Å². The van der Waals surface area contributed by atoms with E-state index in [0.717, 1.165) is 19.3 Å². The number of fused-ring (bicyclic) bond motifs is 1. The molecule has 0 radical (unpaired) electrons. The standard InChI is InChI=1S/C16H15F3N4O2/c1-15(25,16(17,18)19)13(24)22-14-21-11-7-6-9(20-2)8-12(11)23(14)10-4-3-5-10/h6-8,10,25H,3-5H2,1H3,(H,21,22,24)/t15-/m0/s1. The highest BCUT2D eigenvalue weighted by molar-refractivity contribution is 5.98. The molecule has 1 fully saturated rings. The van der Waals surface area contributed by atoms with Crippen molar-refractivity contribution in [1.29, 1.82) is 0 Å². The number of benzene rings is 1. The van der Waals surface area contributed by atoms with Gasteiger partial charge in [-0.1, -0.05) is 6.07 Å². The lowest BCUT2D eigenvalue weighted by atomic mass is 9.92. The summed E-state index contributed by atoms with van der Waals surface area (Å²) in [5.74, 6) is -1.65. The normalized spacial score (nSPS) is 17.6. The van der Waals surface area contributed by atoms with Gasteiger partial charge in [-0.15, -0.1) is 0 Å². The van der Waals surface area contributed by atoms with Crippen molar-refractivity contribution in [2.24, 2.45) is 0 Å². The van der Waals surface area contributed by atoms with E-state index >= 15 is 0 Å². The molecule has 1 heterocycles. The van der Waals surface area contributed by atoms with E-state index < -0.39 is 17.7 Å². The second-order valence-corrected chi connectivity index (χ2v) is 6.20. The number of nitrogens with zero attached hydrogens (tertiary/aromatic N) is 3. The van der Waals surface area contributed by atoms with Crippen LogP contribution in [0.15, 0.2) is 18.2 Å². The van der Waals surface area contributed by atoms with Gasteiger partial charge in [0.05, 0.1) is 17.6 Å². The second kappa shape index (κ2) is 5.74. The summed E-state index contributed by atoms with van der Waals surface area (Å²) >= 11 is 0. The lowest BCUT2D eigenvalue weighted by Gasteiger charge is -2.30. The number of aromatic nitrogens is 2. The molecule has 1 aliphatic rings. The van der Waals surface area contributed by atoms with Crippen LogP contribution in [0.5, 0.6) is 0 Å². The van der Waals surface area contributed by atoms with Crippen molar-refractivity contribution in [3.63, 3.8) is 0 Å². The minimum absolute atomic E-state index is 0.0166. The first-order valence-electron chi connectivity index (χ1n) is 7.65. The first kappa shape index (κ1) is 17.2. The number of amides is 1. The third-order valence-corrected chi connectivity index (χ3v) is 4.46. The van der Waals surface area contributed by atoms with Gasteiger partial charge in [0.2, 0.25) is 11.5 Å². The number of rotatable bonds is 3. The number of nitrogens with one attached hydrogen (secondary N) is 1. The van der Waals surface area contributed by atoms with Crippen molar-refractivity contribution < 1.29 is 23.1 Å². The van der Waals surface area contributed by atoms with Gasteiger partial charge in [0.1, 0.15) is 0 Å². The van der Waals surface area contributed by atoms with Gasteiger partial charge in [0, 0.05) is 6.04 Å². The predicted molar refractivity (Wildman–Crippen MR) is 84.2 cm³/mol. The molecule has 1 atom stereocenters. The Hall–Kier alpha value is -2.60. The summed E-state index contributed by atoms with van der Waals surface area (Å²) in [4.78, 5) is 19.5. The molecule has 1 amide bonds. The van der Waals surface area contributed by atoms with Crippen LogP contribution in [0, 0.1) is 6.57 Å². The Morgan fingerprint density at radius 2 is 2.12 bits per heavy atom. The van der Waals surface area contributed by atoms with E-state index in [4.69, 9.17) is 6.57 Å². The van der Waals surface area contributed by atoms with Crippen LogP contribution in [-0.2, 0) is 4.79 Å². The van der Waals surface area contributed by atoms with E-state index in [2.05, 4.69) is 15.1 Å². The van der Waals surface area contributed by atoms with E-state index in [1.165, 1.54) is 0 Å². The van der Waals surface area contributed by atoms with E-state index in [0.29, 0.717) is 23.6 Å². The Balaban J connectivity index is 2.04. The van der Waals surface area contributed by atoms with Crippen molar-refractivity contribution in [2.75, 3.05) is 5.32 Å². The summed E-state index contributed by atoms with van der Waals surface area (Å²) in [6.45, 7) is 7.49. The van der Waals surface area contributed by atoms with Gasteiger partial charge in [-0.2, -0.15) is 13.2 Å². The molecule has 1 aromatic heterocycles. The topological polar surface area (TPSA) is 71.5 Å². The average Bonchev–Trinajstić information content (AvgIpc) is 2.82. The maximum atomic E-state index is 12.9. The van der Waals surface area contributed by atoms with Crippen LogP contribution < -0.4 is 5.32 Å². The van der Waals surface area contributed by atoms with Crippen molar-refractivity contribution in [3.05, 3.63) is 29.6 Å². The lowest BCUT2D eigenvalue weighted by molar-refractivity contribution is -0.242. The predicted octanol–water partition coefficient (Wildman–Crippen LogP) is 3.56. The summed E-state index contributed by atoms with van der Waals surface area (Å²) in [5.41, 5.74) is -2.13. The molecular formula is C16H15F3N4O2. The SMILES string of the molecule is [C-]#[N+]c1ccc2nc(NC(=O)[C@](C)(O)C(F)(F)F)n(C3CCC3)c2c1. The Morgan fingerprint density at radius 3 is 2.64 bits per heavy atom. The zero-order chi connectivity index (χ0) is 18.4. The van der Waals surface area contributed by atoms with Gasteiger partial charge < -0.3 is 9.67 Å². The fourth-order valence-corrected chi connectivity index (χ4v) is 2.61. The minimum atomic E-state index is -5.11. The molecule has 0 bridgehead atoms. The maximum Gasteiger partial charge on any atom is 0.426 e. The largest absolute Gasteiger partial charge is 0.426 e. The van der Waals surface area contributed by atoms with Crippen LogP contribution in [-0.4, -0.2) is 32.3 Å². The third kappa shape index (κ3) is 2.82. The number of halogens is 3. The Morgan fingerprint density at radius 1 is 1.44 bits per heavy atom. The number of imidazole rings is 1. The molecule has 1 aliphatic carbocycles. The van der Waals surface area contributed by atoms with Gasteiger partial charge in [-0.05, 0) is 38.3 Å². The number of anilines is 1. The van der Waals surface area contributed by atoms with E-state index in [1.807, 2.05) is 0 Å². The number of carbonyl (C=O) groups excluding carboxylic acids is 1. The van der Waals surface area contributed by atoms with Crippen LogP contribution in [0.3, 0.4) is 0 Å². The monoisotopic (exact) mass is 352 g/mol. The zero-order valence-corrected chi connectivity index (χ0v) is 13.3. The molecule has 2 aromatic rings. The van der Waals surface area contributed by atoms with E-state index in [9.17, 15) is 23.1 Å². The molecule has 1 saturated carbocycles. The first-order chi connectivity index (χ1) is 11.6. The van der Waals surface area contributed by atoms with Crippen molar-refractivity contribution in [3.8, 4) is 0 Å². The lowest BCUT2D eigenvalue weighted by Crippen LogP contribution is -2.52. The molecule has 0 unspecified atom stereocenters. The molecule has 0 saturated heterocycles. The van der Waals surface area contributed by atoms with E-state index in [1.54, 1.807) is 22.8 Å². The van der Waals surface area contributed by atoms with E-state index in [-0.39, 0.29) is 12.0 Å². The maximum absolute atomic E-state index is 12.9. The molecule has 0 aliphatic heterocycles. The summed E-state index contributed by atoms with van der Waals surface area (Å²) in [6.07, 6.45) is -2.55. The van der Waals surface area contributed by atoms with Gasteiger partial charge in [-0.25, -0.2) is 9.83 Å². The molecule has 9 heteroatoms. The van der Waals surface area contributed by atoms with Gasteiger partial charge in [-0.3, -0.25) is 10.1 Å². The average molecular weight is 352 g/mol. The number of hydrogen-bond acceptors (Lipinski definition) is 3. The van der Waals surface area contributed by atoms with Crippen molar-refractivity contribution in [1.82, 2.24) is 9.55 Å². The molecule has 25 heavy (non-hydrogen) atoms. The van der Waals surface area contributed by atoms with Gasteiger partial charge in [0.15, 0.2) is 5.69 Å². The molecule has 6 nitrogen and oxygen atoms in total. The van der Waals surface area contributed by atoms with Crippen molar-refractivity contribution >= 4 is 28.6 Å². The fourth-order valence-electron chi connectivity index (χ4n) is 2.61. The Bertz CT molecular complexity index is 876. The number of alkyl halides is 3. The molecule has 2 N–H and O–H groups in total. The van der Waals surface area contributed by atoms with Crippen LogP contribution in [0.1, 0.15) is 32.2 Å². The first-order valence-corrected chi connectivity index (χ1v) is 7.65. The molecule has 3 rings (SSSR count). The highest BCUT2D eigenvalue weighted by Crippen LogP contribution is 2.39. The highest BCUT2D eigenvalue weighted by Gasteiger charge is 2.56. The minimum Gasteiger partial charge on any atom is -0.373 e. The van der Waals surface area contributed by atoms with Crippen LogP contribution in [0.4, 0.5) is 24.8 Å². The number of hydrogen-bond donors (Lipinski definition) is 2. The second-order valence-electron chi connectivity index (χ2n) is 6.20. The summed E-state index contributed by atoms with van der Waals surface area (Å²) in [7, 11) is 0. The zero-order valence-electron chi connectivity index (χ0n) is 13.3. The van der Waals surface area contributed by atoms with Crippen LogP contribution in [0.2, 0.25) is 0 Å². The number of aliphatic hydroxyl groups is 1. The number of carbonyl (C=O) groups is 1. The quantitative estimate of drug-likeness (QED) is 0.830. The van der Waals surface area contributed by atoms with Crippen LogP contribution in [0.25, 0.3) is 15.9 Å². The molecule has 1 aromatic carbocycles. The highest BCUT2D eigenvalue weighted by atomic mass is 19.4. The Labute approximate surface area is 141 Å². The van der Waals surface area contributed by atoms with Crippen molar-refractivity contribution in [2.45, 2.75) is 44.0 Å². The summed E-state index contributed by atoms with van der Waals surface area (Å²) in [6, 6.07) is 4.70. The molecule has 132 valence electrons. The third-order valence-electron chi connectivity index (χ3n) is 4.46. The smallest absolute Gasteiger partial charge is 0.373 e. The van der Waals surface area contributed by atoms with Gasteiger partial charge >= 0.3 is 6.18 Å². The summed E-state index contributed by atoms with van der Waals surface area (Å²) in [5, 5.41) is 11.6. The summed E-state index contributed by atoms with van der Waals surface area (Å²) < 4.78 is 40.2. The molecular weight excluding hydrogens is 337 g/mol. The molecule has 0 spiro atoms. The van der Waals surface area contributed by atoms with Crippen LogP contribution >= 0.6 is 0 Å². The fraction of sp³-hybridized carbons (Fsp3) is 0.438. The Kier molecular flexibility index (Phi) is 3.95.